The summed E-state index contributed by atoms with van der Waals surface area (Å²) in [5.41, 5.74) is 1.79. The molecular formula is C24H31NO5. The summed E-state index contributed by atoms with van der Waals surface area (Å²) in [5, 5.41) is 0. The summed E-state index contributed by atoms with van der Waals surface area (Å²) in [7, 11) is 4.57. The van der Waals surface area contributed by atoms with Gasteiger partial charge in [0.1, 0.15) is 0 Å². The smallest absolute Gasteiger partial charge is 0.338 e. The van der Waals surface area contributed by atoms with Gasteiger partial charge in [0.05, 0.1) is 33.5 Å². The van der Waals surface area contributed by atoms with Crippen LogP contribution in [0.2, 0.25) is 0 Å². The van der Waals surface area contributed by atoms with Crippen LogP contribution < -0.4 is 14.2 Å². The van der Waals surface area contributed by atoms with E-state index >= 15 is 0 Å². The maximum atomic E-state index is 12.5. The maximum Gasteiger partial charge on any atom is 0.338 e. The Morgan fingerprint density at radius 2 is 1.73 bits per heavy atom. The third-order valence-corrected chi connectivity index (χ3v) is 5.53. The molecule has 0 N–H and O–H groups in total. The molecule has 0 amide bonds. The highest BCUT2D eigenvalue weighted by Gasteiger charge is 2.21. The number of rotatable bonds is 9. The van der Waals surface area contributed by atoms with Gasteiger partial charge in [0.15, 0.2) is 11.5 Å². The minimum atomic E-state index is -0.393. The minimum Gasteiger partial charge on any atom is -0.493 e. The van der Waals surface area contributed by atoms with Crippen LogP contribution in [0.25, 0.3) is 0 Å². The molecule has 0 bridgehead atoms. The van der Waals surface area contributed by atoms with Crippen molar-refractivity contribution in [1.82, 2.24) is 4.90 Å². The number of hydrogen-bond donors (Lipinski definition) is 0. The fourth-order valence-electron chi connectivity index (χ4n) is 3.99. The summed E-state index contributed by atoms with van der Waals surface area (Å²) in [5.74, 6) is 1.51. The fraction of sp³-hybridized carbons (Fsp3) is 0.458. The van der Waals surface area contributed by atoms with Gasteiger partial charge in [-0.25, -0.2) is 4.79 Å². The minimum absolute atomic E-state index is 0.377. The van der Waals surface area contributed by atoms with Gasteiger partial charge in [-0.1, -0.05) is 30.3 Å². The van der Waals surface area contributed by atoms with E-state index in [1.165, 1.54) is 39.7 Å². The Kier molecular flexibility index (Phi) is 7.97. The molecule has 1 unspecified atom stereocenters. The van der Waals surface area contributed by atoms with Crippen molar-refractivity contribution < 1.29 is 23.7 Å². The second-order valence-electron chi connectivity index (χ2n) is 7.45. The van der Waals surface area contributed by atoms with Crippen molar-refractivity contribution in [3.8, 4) is 17.2 Å². The number of ether oxygens (including phenoxy) is 4. The van der Waals surface area contributed by atoms with Crippen LogP contribution >= 0.6 is 0 Å². The van der Waals surface area contributed by atoms with E-state index in [0.29, 0.717) is 35.3 Å². The predicted molar refractivity (Wildman–Crippen MR) is 116 cm³/mol. The molecule has 0 aliphatic carbocycles. The summed E-state index contributed by atoms with van der Waals surface area (Å²) >= 11 is 0. The molecule has 2 aromatic rings. The number of hydrogen-bond acceptors (Lipinski definition) is 6. The van der Waals surface area contributed by atoms with Crippen molar-refractivity contribution in [2.45, 2.75) is 25.2 Å². The molecule has 1 saturated heterocycles. The van der Waals surface area contributed by atoms with Crippen molar-refractivity contribution in [3.63, 3.8) is 0 Å². The van der Waals surface area contributed by atoms with Gasteiger partial charge >= 0.3 is 5.97 Å². The van der Waals surface area contributed by atoms with E-state index in [1.807, 2.05) is 0 Å². The Morgan fingerprint density at radius 1 is 1.03 bits per heavy atom. The lowest BCUT2D eigenvalue weighted by Crippen LogP contribution is -2.35. The van der Waals surface area contributed by atoms with E-state index in [2.05, 4.69) is 35.2 Å². The Balaban J connectivity index is 1.49. The van der Waals surface area contributed by atoms with Crippen LogP contribution in [0.15, 0.2) is 42.5 Å². The number of esters is 1. The monoisotopic (exact) mass is 413 g/mol. The highest BCUT2D eigenvalue weighted by atomic mass is 16.5. The van der Waals surface area contributed by atoms with Crippen LogP contribution in [-0.4, -0.2) is 58.4 Å². The SMILES string of the molecule is COc1cc(C(=O)OCCCN2CCCC(c3ccccc3)C2)cc(OC)c1OC. The van der Waals surface area contributed by atoms with Crippen molar-refractivity contribution >= 4 is 5.97 Å². The van der Waals surface area contributed by atoms with E-state index < -0.39 is 5.97 Å². The zero-order valence-corrected chi connectivity index (χ0v) is 18.1. The third kappa shape index (κ3) is 5.45. The summed E-state index contributed by atoms with van der Waals surface area (Å²) in [6.45, 7) is 3.46. The first-order chi connectivity index (χ1) is 14.7. The molecule has 30 heavy (non-hydrogen) atoms. The highest BCUT2D eigenvalue weighted by Crippen LogP contribution is 2.38. The number of carbonyl (C=O) groups is 1. The molecule has 1 fully saturated rings. The number of nitrogens with zero attached hydrogens (tertiary/aromatic N) is 1. The maximum absolute atomic E-state index is 12.5. The number of benzene rings is 2. The van der Waals surface area contributed by atoms with E-state index in [4.69, 9.17) is 18.9 Å². The molecular weight excluding hydrogens is 382 g/mol. The molecule has 0 aromatic heterocycles. The molecule has 3 rings (SSSR count). The number of carbonyl (C=O) groups excluding carboxylic acids is 1. The summed E-state index contributed by atoms with van der Waals surface area (Å²) in [6.07, 6.45) is 3.24. The van der Waals surface area contributed by atoms with Gasteiger partial charge in [0.25, 0.3) is 0 Å². The van der Waals surface area contributed by atoms with Crippen LogP contribution in [0, 0.1) is 0 Å². The van der Waals surface area contributed by atoms with E-state index in [9.17, 15) is 4.79 Å². The zero-order chi connectivity index (χ0) is 21.3. The van der Waals surface area contributed by atoms with Gasteiger partial charge < -0.3 is 23.8 Å². The number of piperidine rings is 1. The Morgan fingerprint density at radius 3 is 2.37 bits per heavy atom. The van der Waals surface area contributed by atoms with Crippen molar-refractivity contribution in [2.75, 3.05) is 47.6 Å². The second-order valence-corrected chi connectivity index (χ2v) is 7.45. The van der Waals surface area contributed by atoms with Crippen LogP contribution in [0.5, 0.6) is 17.2 Å². The average molecular weight is 414 g/mol. The van der Waals surface area contributed by atoms with E-state index in [-0.39, 0.29) is 0 Å². The Labute approximate surface area is 178 Å². The standard InChI is InChI=1S/C24H31NO5/c1-27-21-15-20(16-22(28-2)23(21)29-3)24(26)30-14-8-13-25-12-7-11-19(17-25)18-9-5-4-6-10-18/h4-6,9-10,15-16,19H,7-8,11-14,17H2,1-3H3. The molecule has 1 heterocycles. The van der Waals surface area contributed by atoms with Crippen LogP contribution in [0.3, 0.4) is 0 Å². The molecule has 1 aliphatic rings. The largest absolute Gasteiger partial charge is 0.493 e. The second kappa shape index (κ2) is 10.9. The molecule has 1 atom stereocenters. The van der Waals surface area contributed by atoms with Gasteiger partial charge in [-0.05, 0) is 49.4 Å². The summed E-state index contributed by atoms with van der Waals surface area (Å²) in [6, 6.07) is 13.9. The molecule has 162 valence electrons. The highest BCUT2D eigenvalue weighted by molar-refractivity contribution is 5.91. The molecule has 6 nitrogen and oxygen atoms in total. The first-order valence-electron chi connectivity index (χ1n) is 10.4. The first-order valence-corrected chi connectivity index (χ1v) is 10.4. The molecule has 1 aliphatic heterocycles. The molecule has 0 radical (unpaired) electrons. The normalized spacial score (nSPS) is 16.7. The number of likely N-dealkylation sites (tertiary alicyclic amines) is 1. The lowest BCUT2D eigenvalue weighted by atomic mass is 9.90. The third-order valence-electron chi connectivity index (χ3n) is 5.53. The fourth-order valence-corrected chi connectivity index (χ4v) is 3.99. The number of methoxy groups -OCH3 is 3. The quantitative estimate of drug-likeness (QED) is 0.455. The topological polar surface area (TPSA) is 57.2 Å². The van der Waals surface area contributed by atoms with Gasteiger partial charge in [0.2, 0.25) is 5.75 Å². The van der Waals surface area contributed by atoms with Crippen molar-refractivity contribution in [2.24, 2.45) is 0 Å². The molecule has 0 spiro atoms. The predicted octanol–water partition coefficient (Wildman–Crippen LogP) is 4.14. The van der Waals surface area contributed by atoms with Crippen molar-refractivity contribution in [1.29, 1.82) is 0 Å². The molecule has 2 aromatic carbocycles. The van der Waals surface area contributed by atoms with E-state index in [0.717, 1.165) is 26.1 Å². The van der Waals surface area contributed by atoms with Gasteiger partial charge in [0, 0.05) is 13.1 Å². The lowest BCUT2D eigenvalue weighted by Gasteiger charge is -2.33. The van der Waals surface area contributed by atoms with Gasteiger partial charge in [-0.2, -0.15) is 0 Å². The zero-order valence-electron chi connectivity index (χ0n) is 18.1. The van der Waals surface area contributed by atoms with Crippen LogP contribution in [0.4, 0.5) is 0 Å². The molecule has 0 saturated carbocycles. The Hall–Kier alpha value is -2.73. The van der Waals surface area contributed by atoms with E-state index in [1.54, 1.807) is 12.1 Å². The summed E-state index contributed by atoms with van der Waals surface area (Å²) in [4.78, 5) is 14.9. The summed E-state index contributed by atoms with van der Waals surface area (Å²) < 4.78 is 21.4. The van der Waals surface area contributed by atoms with Gasteiger partial charge in [-0.3, -0.25) is 0 Å². The van der Waals surface area contributed by atoms with Gasteiger partial charge in [-0.15, -0.1) is 0 Å². The molecule has 6 heteroatoms. The van der Waals surface area contributed by atoms with Crippen molar-refractivity contribution in [3.05, 3.63) is 53.6 Å². The average Bonchev–Trinajstić information content (AvgIpc) is 2.81. The van der Waals surface area contributed by atoms with Crippen LogP contribution in [-0.2, 0) is 4.74 Å². The first kappa shape index (κ1) is 22.0. The Bertz CT molecular complexity index is 799. The lowest BCUT2D eigenvalue weighted by molar-refractivity contribution is 0.0483. The van der Waals surface area contributed by atoms with Crippen LogP contribution in [0.1, 0.15) is 41.1 Å².